The van der Waals surface area contributed by atoms with Gasteiger partial charge in [0.25, 0.3) is 5.91 Å². The Hall–Kier alpha value is -2.02. The van der Waals surface area contributed by atoms with Crippen LogP contribution in [-0.2, 0) is 4.79 Å². The van der Waals surface area contributed by atoms with E-state index in [1.54, 1.807) is 23.3 Å². The van der Waals surface area contributed by atoms with Gasteiger partial charge in [0.1, 0.15) is 11.6 Å². The monoisotopic (exact) mass is 327 g/mol. The molecule has 4 heteroatoms. The number of hydrogen-bond donors (Lipinski definition) is 0. The molecule has 1 saturated carbocycles. The molecule has 2 atom stereocenters. The van der Waals surface area contributed by atoms with E-state index in [9.17, 15) is 10.1 Å². The smallest absolute Gasteiger partial charge is 0.266 e. The van der Waals surface area contributed by atoms with Gasteiger partial charge in [-0.15, -0.1) is 13.2 Å². The van der Waals surface area contributed by atoms with E-state index in [1.807, 2.05) is 0 Å². The van der Waals surface area contributed by atoms with Crippen LogP contribution in [0.25, 0.3) is 0 Å². The maximum atomic E-state index is 12.7. The summed E-state index contributed by atoms with van der Waals surface area (Å²) in [5, 5.41) is 9.51. The lowest BCUT2D eigenvalue weighted by molar-refractivity contribution is -0.125. The zero-order valence-electron chi connectivity index (χ0n) is 15.2. The number of carbonyl (C=O) groups is 1. The van der Waals surface area contributed by atoms with E-state index in [1.165, 1.54) is 6.42 Å². The van der Waals surface area contributed by atoms with E-state index in [0.717, 1.165) is 19.4 Å². The van der Waals surface area contributed by atoms with Crippen molar-refractivity contribution in [3.05, 3.63) is 37.1 Å². The van der Waals surface area contributed by atoms with Gasteiger partial charge in [-0.1, -0.05) is 32.9 Å². The Balaban J connectivity index is 2.22. The van der Waals surface area contributed by atoms with Gasteiger partial charge in [-0.05, 0) is 30.1 Å². The van der Waals surface area contributed by atoms with Crippen molar-refractivity contribution in [2.24, 2.45) is 10.8 Å². The number of hydrogen-bond acceptors (Lipinski definition) is 3. The molecule has 0 spiro atoms. The molecule has 1 amide bonds. The van der Waals surface area contributed by atoms with Crippen LogP contribution in [0.15, 0.2) is 37.1 Å². The lowest BCUT2D eigenvalue weighted by Gasteiger charge is -2.39. The van der Waals surface area contributed by atoms with E-state index < -0.39 is 0 Å². The summed E-state index contributed by atoms with van der Waals surface area (Å²) in [4.78, 5) is 16.5. The van der Waals surface area contributed by atoms with Crippen molar-refractivity contribution in [2.75, 3.05) is 19.6 Å². The average Bonchev–Trinajstić information content (AvgIpc) is 2.72. The summed E-state index contributed by atoms with van der Waals surface area (Å²) in [5.74, 6) is -0.247. The molecule has 1 heterocycles. The van der Waals surface area contributed by atoms with Gasteiger partial charge in [0.15, 0.2) is 0 Å². The van der Waals surface area contributed by atoms with Crippen molar-refractivity contribution in [3.63, 3.8) is 0 Å². The Morgan fingerprint density at radius 3 is 2.46 bits per heavy atom. The van der Waals surface area contributed by atoms with Gasteiger partial charge in [0.05, 0.1) is 0 Å². The van der Waals surface area contributed by atoms with Gasteiger partial charge in [0, 0.05) is 31.9 Å². The standard InChI is InChI=1S/C20H29N3O/c1-6-8-22(9-7-2)18(24)16(12-21)13-23-15-20(5)11-17(23)10-19(3,4)14-20/h6-7,13,17H,1-2,8-11,14-15H2,3-5H3/b16-13-. The average molecular weight is 327 g/mol. The minimum atomic E-state index is -0.247. The molecule has 2 rings (SSSR count). The van der Waals surface area contributed by atoms with Crippen LogP contribution in [0.3, 0.4) is 0 Å². The highest BCUT2D eigenvalue weighted by Crippen LogP contribution is 2.52. The number of rotatable bonds is 6. The zero-order valence-corrected chi connectivity index (χ0v) is 15.2. The van der Waals surface area contributed by atoms with Crippen LogP contribution in [0.5, 0.6) is 0 Å². The lowest BCUT2D eigenvalue weighted by Crippen LogP contribution is -2.35. The molecule has 130 valence electrons. The summed E-state index contributed by atoms with van der Waals surface area (Å²) >= 11 is 0. The lowest BCUT2D eigenvalue weighted by atomic mass is 9.65. The second kappa shape index (κ2) is 6.84. The maximum Gasteiger partial charge on any atom is 0.266 e. The topological polar surface area (TPSA) is 47.3 Å². The highest BCUT2D eigenvalue weighted by atomic mass is 16.2. The number of nitrogens with zero attached hydrogens (tertiary/aromatic N) is 3. The van der Waals surface area contributed by atoms with Crippen molar-refractivity contribution in [3.8, 4) is 6.07 Å². The molecule has 0 radical (unpaired) electrons. The molecular formula is C20H29N3O. The summed E-state index contributed by atoms with van der Waals surface area (Å²) in [7, 11) is 0. The Morgan fingerprint density at radius 1 is 1.29 bits per heavy atom. The van der Waals surface area contributed by atoms with Crippen LogP contribution in [0.2, 0.25) is 0 Å². The SMILES string of the molecule is C=CCN(CC=C)C(=O)/C(C#N)=C\N1CC2(C)CC1CC(C)(C)C2. The van der Waals surface area contributed by atoms with Crippen molar-refractivity contribution in [1.29, 1.82) is 5.26 Å². The Kier molecular flexibility index (Phi) is 5.22. The van der Waals surface area contributed by atoms with Gasteiger partial charge in [-0.3, -0.25) is 4.79 Å². The third kappa shape index (κ3) is 3.90. The second-order valence-corrected chi connectivity index (χ2v) is 8.33. The van der Waals surface area contributed by atoms with E-state index in [0.29, 0.717) is 24.5 Å². The molecular weight excluding hydrogens is 298 g/mol. The summed E-state index contributed by atoms with van der Waals surface area (Å²) < 4.78 is 0. The van der Waals surface area contributed by atoms with Crippen LogP contribution in [0.1, 0.15) is 40.0 Å². The van der Waals surface area contributed by atoms with Crippen LogP contribution >= 0.6 is 0 Å². The van der Waals surface area contributed by atoms with Crippen LogP contribution < -0.4 is 0 Å². The molecule has 2 bridgehead atoms. The van der Waals surface area contributed by atoms with Crippen LogP contribution in [0.4, 0.5) is 0 Å². The number of nitriles is 1. The molecule has 0 aromatic heterocycles. The number of likely N-dealkylation sites (tertiary alicyclic amines) is 1. The first-order valence-electron chi connectivity index (χ1n) is 8.62. The summed E-state index contributed by atoms with van der Waals surface area (Å²) in [6.45, 7) is 16.1. The fourth-order valence-electron chi connectivity index (χ4n) is 4.67. The number of fused-ring (bicyclic) bond motifs is 2. The third-order valence-corrected chi connectivity index (χ3v) is 5.09. The summed E-state index contributed by atoms with van der Waals surface area (Å²) in [6.07, 6.45) is 8.57. The zero-order chi connectivity index (χ0) is 18.0. The van der Waals surface area contributed by atoms with Gasteiger partial charge in [-0.25, -0.2) is 0 Å². The van der Waals surface area contributed by atoms with Crippen LogP contribution in [0, 0.1) is 22.2 Å². The highest BCUT2D eigenvalue weighted by Gasteiger charge is 2.49. The predicted octanol–water partition coefficient (Wildman–Crippen LogP) is 3.50. The van der Waals surface area contributed by atoms with Gasteiger partial charge in [0.2, 0.25) is 0 Å². The van der Waals surface area contributed by atoms with Crippen molar-refractivity contribution in [2.45, 2.75) is 46.1 Å². The van der Waals surface area contributed by atoms with Crippen LogP contribution in [-0.4, -0.2) is 41.4 Å². The largest absolute Gasteiger partial charge is 0.373 e. The molecule has 1 aliphatic carbocycles. The fourth-order valence-corrected chi connectivity index (χ4v) is 4.67. The van der Waals surface area contributed by atoms with Crippen molar-refractivity contribution >= 4 is 5.91 Å². The minimum Gasteiger partial charge on any atom is -0.373 e. The first-order chi connectivity index (χ1) is 11.2. The van der Waals surface area contributed by atoms with Crippen molar-refractivity contribution in [1.82, 2.24) is 9.80 Å². The molecule has 1 aliphatic heterocycles. The summed E-state index contributed by atoms with van der Waals surface area (Å²) in [6, 6.07) is 2.52. The Morgan fingerprint density at radius 2 is 1.92 bits per heavy atom. The first-order valence-corrected chi connectivity index (χ1v) is 8.62. The van der Waals surface area contributed by atoms with E-state index in [4.69, 9.17) is 0 Å². The first kappa shape index (κ1) is 18.3. The Labute approximate surface area is 146 Å². The van der Waals surface area contributed by atoms with Gasteiger partial charge >= 0.3 is 0 Å². The molecule has 1 saturated heterocycles. The van der Waals surface area contributed by atoms with E-state index >= 15 is 0 Å². The molecule has 0 aromatic carbocycles. The fraction of sp³-hybridized carbons (Fsp3) is 0.600. The molecule has 24 heavy (non-hydrogen) atoms. The molecule has 4 nitrogen and oxygen atoms in total. The molecule has 2 fully saturated rings. The minimum absolute atomic E-state index is 0.202. The van der Waals surface area contributed by atoms with Gasteiger partial charge in [-0.2, -0.15) is 5.26 Å². The summed E-state index contributed by atoms with van der Waals surface area (Å²) in [5.41, 5.74) is 0.788. The quantitative estimate of drug-likeness (QED) is 0.426. The maximum absolute atomic E-state index is 12.7. The third-order valence-electron chi connectivity index (χ3n) is 5.09. The van der Waals surface area contributed by atoms with Gasteiger partial charge < -0.3 is 9.80 Å². The second-order valence-electron chi connectivity index (χ2n) is 8.33. The molecule has 0 N–H and O–H groups in total. The number of amides is 1. The molecule has 0 aromatic rings. The van der Waals surface area contributed by atoms with E-state index in [-0.39, 0.29) is 16.9 Å². The van der Waals surface area contributed by atoms with Crippen molar-refractivity contribution < 1.29 is 4.79 Å². The highest BCUT2D eigenvalue weighted by molar-refractivity contribution is 5.97. The predicted molar refractivity (Wildman–Crippen MR) is 96.9 cm³/mol. The Bertz CT molecular complexity index is 588. The molecule has 2 unspecified atom stereocenters. The van der Waals surface area contributed by atoms with E-state index in [2.05, 4.69) is 44.9 Å². The normalized spacial score (nSPS) is 28.2. The molecule has 2 aliphatic rings. The number of carbonyl (C=O) groups excluding carboxylic acids is 1.